The molecule has 0 aliphatic heterocycles. The van der Waals surface area contributed by atoms with Gasteiger partial charge in [-0.1, -0.05) is 12.1 Å². The van der Waals surface area contributed by atoms with E-state index in [1.807, 2.05) is 6.20 Å². The molecule has 3 N–H and O–H groups in total. The summed E-state index contributed by atoms with van der Waals surface area (Å²) in [7, 11) is 0. The second-order valence-corrected chi connectivity index (χ2v) is 3.37. The van der Waals surface area contributed by atoms with E-state index < -0.39 is 0 Å². The minimum absolute atomic E-state index is 0.297. The van der Waals surface area contributed by atoms with Crippen molar-refractivity contribution in [1.29, 1.82) is 0 Å². The molecule has 1 amide bonds. The van der Waals surface area contributed by atoms with Crippen molar-refractivity contribution in [3.05, 3.63) is 11.9 Å². The number of rotatable bonds is 7. The van der Waals surface area contributed by atoms with Crippen LogP contribution in [0.15, 0.2) is 6.20 Å². The SMILES string of the molecule is CCCNCc1cn(CCC(N)=O)nn1. The minimum Gasteiger partial charge on any atom is -0.370 e. The van der Waals surface area contributed by atoms with Crippen LogP contribution < -0.4 is 11.1 Å². The van der Waals surface area contributed by atoms with Crippen molar-refractivity contribution >= 4 is 5.91 Å². The van der Waals surface area contributed by atoms with Crippen molar-refractivity contribution in [2.75, 3.05) is 6.54 Å². The quantitative estimate of drug-likeness (QED) is 0.604. The Morgan fingerprint density at radius 2 is 2.47 bits per heavy atom. The van der Waals surface area contributed by atoms with Crippen molar-refractivity contribution in [2.45, 2.75) is 32.9 Å². The second kappa shape index (κ2) is 6.13. The summed E-state index contributed by atoms with van der Waals surface area (Å²) < 4.78 is 1.63. The lowest BCUT2D eigenvalue weighted by Gasteiger charge is -1.97. The normalized spacial score (nSPS) is 10.5. The number of aryl methyl sites for hydroxylation is 1. The molecule has 0 aliphatic carbocycles. The summed E-state index contributed by atoms with van der Waals surface area (Å²) in [4.78, 5) is 10.5. The molecule has 0 spiro atoms. The highest BCUT2D eigenvalue weighted by atomic mass is 16.1. The third-order valence-corrected chi connectivity index (χ3v) is 1.91. The van der Waals surface area contributed by atoms with Gasteiger partial charge in [0, 0.05) is 19.2 Å². The fourth-order valence-corrected chi connectivity index (χ4v) is 1.15. The predicted molar refractivity (Wildman–Crippen MR) is 55.8 cm³/mol. The summed E-state index contributed by atoms with van der Waals surface area (Å²) in [6.45, 7) is 4.28. The van der Waals surface area contributed by atoms with Crippen molar-refractivity contribution in [2.24, 2.45) is 5.73 Å². The predicted octanol–water partition coefficient (Wildman–Crippen LogP) is -0.347. The lowest BCUT2D eigenvalue weighted by Crippen LogP contribution is -2.14. The summed E-state index contributed by atoms with van der Waals surface area (Å²) in [6, 6.07) is 0. The topological polar surface area (TPSA) is 85.8 Å². The lowest BCUT2D eigenvalue weighted by atomic mass is 10.4. The summed E-state index contributed by atoms with van der Waals surface area (Å²) in [5.41, 5.74) is 5.91. The van der Waals surface area contributed by atoms with E-state index in [-0.39, 0.29) is 5.91 Å². The van der Waals surface area contributed by atoms with Crippen LogP contribution in [-0.2, 0) is 17.9 Å². The summed E-state index contributed by atoms with van der Waals surface area (Å²) in [5.74, 6) is -0.323. The van der Waals surface area contributed by atoms with Crippen LogP contribution >= 0.6 is 0 Å². The zero-order valence-corrected chi connectivity index (χ0v) is 8.94. The Balaban J connectivity index is 2.32. The molecule has 6 heteroatoms. The molecule has 0 unspecified atom stereocenters. The molecule has 15 heavy (non-hydrogen) atoms. The van der Waals surface area contributed by atoms with Gasteiger partial charge in [-0.2, -0.15) is 0 Å². The van der Waals surface area contributed by atoms with E-state index in [4.69, 9.17) is 5.73 Å². The van der Waals surface area contributed by atoms with Gasteiger partial charge in [-0.15, -0.1) is 5.10 Å². The Hall–Kier alpha value is -1.43. The third-order valence-electron chi connectivity index (χ3n) is 1.91. The van der Waals surface area contributed by atoms with E-state index in [2.05, 4.69) is 22.6 Å². The first-order valence-corrected chi connectivity index (χ1v) is 5.10. The van der Waals surface area contributed by atoms with Crippen LogP contribution in [0.1, 0.15) is 25.5 Å². The van der Waals surface area contributed by atoms with E-state index in [9.17, 15) is 4.79 Å². The fraction of sp³-hybridized carbons (Fsp3) is 0.667. The van der Waals surface area contributed by atoms with Gasteiger partial charge < -0.3 is 11.1 Å². The maximum absolute atomic E-state index is 10.5. The van der Waals surface area contributed by atoms with Crippen molar-refractivity contribution < 1.29 is 4.79 Å². The van der Waals surface area contributed by atoms with Crippen LogP contribution in [0, 0.1) is 0 Å². The Bertz CT molecular complexity index is 309. The first kappa shape index (κ1) is 11.6. The van der Waals surface area contributed by atoms with Crippen molar-refractivity contribution in [3.8, 4) is 0 Å². The van der Waals surface area contributed by atoms with Gasteiger partial charge in [0.15, 0.2) is 0 Å². The van der Waals surface area contributed by atoms with Gasteiger partial charge in [0.05, 0.1) is 12.2 Å². The van der Waals surface area contributed by atoms with Crippen molar-refractivity contribution in [3.63, 3.8) is 0 Å². The molecule has 1 rings (SSSR count). The standard InChI is InChI=1S/C9H17N5O/c1-2-4-11-6-8-7-14(13-12-8)5-3-9(10)15/h7,11H,2-6H2,1H3,(H2,10,15). The number of nitrogens with two attached hydrogens (primary N) is 1. The number of carbonyl (C=O) groups is 1. The number of aromatic nitrogens is 3. The zero-order valence-electron chi connectivity index (χ0n) is 8.94. The van der Waals surface area contributed by atoms with Gasteiger partial charge in [0.25, 0.3) is 0 Å². The van der Waals surface area contributed by atoms with Gasteiger partial charge in [-0.05, 0) is 13.0 Å². The molecule has 6 nitrogen and oxygen atoms in total. The Labute approximate surface area is 88.8 Å². The van der Waals surface area contributed by atoms with Crippen LogP contribution in [0.2, 0.25) is 0 Å². The largest absolute Gasteiger partial charge is 0.370 e. The van der Waals surface area contributed by atoms with Gasteiger partial charge in [-0.3, -0.25) is 9.48 Å². The van der Waals surface area contributed by atoms with Crippen molar-refractivity contribution in [1.82, 2.24) is 20.3 Å². The number of hydrogen-bond acceptors (Lipinski definition) is 4. The van der Waals surface area contributed by atoms with Gasteiger partial charge in [-0.25, -0.2) is 0 Å². The van der Waals surface area contributed by atoms with E-state index in [0.717, 1.165) is 18.7 Å². The number of carbonyl (C=O) groups excluding carboxylic acids is 1. The highest BCUT2D eigenvalue weighted by Crippen LogP contribution is 1.94. The Morgan fingerprint density at radius 3 is 3.13 bits per heavy atom. The summed E-state index contributed by atoms with van der Waals surface area (Å²) in [6.07, 6.45) is 3.21. The fourth-order valence-electron chi connectivity index (χ4n) is 1.15. The van der Waals surface area contributed by atoms with E-state index in [1.54, 1.807) is 4.68 Å². The zero-order chi connectivity index (χ0) is 11.1. The first-order chi connectivity index (χ1) is 7.22. The minimum atomic E-state index is -0.323. The smallest absolute Gasteiger partial charge is 0.219 e. The molecule has 0 aliphatic rings. The van der Waals surface area contributed by atoms with Crippen LogP contribution in [0.4, 0.5) is 0 Å². The van der Waals surface area contributed by atoms with E-state index in [1.165, 1.54) is 0 Å². The molecule has 0 saturated carbocycles. The van der Waals surface area contributed by atoms with Crippen LogP contribution in [0.25, 0.3) is 0 Å². The molecular formula is C9H17N5O. The molecule has 0 saturated heterocycles. The van der Waals surface area contributed by atoms with Crippen LogP contribution in [-0.4, -0.2) is 27.4 Å². The lowest BCUT2D eigenvalue weighted by molar-refractivity contribution is -0.118. The van der Waals surface area contributed by atoms with E-state index >= 15 is 0 Å². The molecular weight excluding hydrogens is 194 g/mol. The highest BCUT2D eigenvalue weighted by Gasteiger charge is 2.01. The molecule has 0 radical (unpaired) electrons. The molecule has 1 aromatic heterocycles. The monoisotopic (exact) mass is 211 g/mol. The van der Waals surface area contributed by atoms with Gasteiger partial charge in [0.1, 0.15) is 0 Å². The molecule has 84 valence electrons. The average molecular weight is 211 g/mol. The third kappa shape index (κ3) is 4.55. The number of amides is 1. The van der Waals surface area contributed by atoms with E-state index in [0.29, 0.717) is 19.5 Å². The average Bonchev–Trinajstić information content (AvgIpc) is 2.63. The molecule has 0 bridgehead atoms. The summed E-state index contributed by atoms with van der Waals surface area (Å²) >= 11 is 0. The molecule has 1 heterocycles. The second-order valence-electron chi connectivity index (χ2n) is 3.37. The number of primary amides is 1. The van der Waals surface area contributed by atoms with Crippen LogP contribution in [0.5, 0.6) is 0 Å². The van der Waals surface area contributed by atoms with Crippen LogP contribution in [0.3, 0.4) is 0 Å². The Kier molecular flexibility index (Phi) is 4.76. The molecule has 0 atom stereocenters. The molecule has 0 aromatic carbocycles. The maximum Gasteiger partial charge on any atom is 0.219 e. The first-order valence-electron chi connectivity index (χ1n) is 5.10. The molecule has 0 fully saturated rings. The summed E-state index contributed by atoms with van der Waals surface area (Å²) in [5, 5.41) is 11.1. The highest BCUT2D eigenvalue weighted by molar-refractivity contribution is 5.73. The van der Waals surface area contributed by atoms with Gasteiger partial charge in [0.2, 0.25) is 5.91 Å². The molecule has 1 aromatic rings. The maximum atomic E-state index is 10.5. The number of nitrogens with one attached hydrogen (secondary N) is 1. The Morgan fingerprint density at radius 1 is 1.67 bits per heavy atom. The number of nitrogens with zero attached hydrogens (tertiary/aromatic N) is 3. The number of hydrogen-bond donors (Lipinski definition) is 2. The van der Waals surface area contributed by atoms with Gasteiger partial charge >= 0.3 is 0 Å².